The molecule has 0 aromatic carbocycles. The smallest absolute Gasteiger partial charge is 0.320 e. The summed E-state index contributed by atoms with van der Waals surface area (Å²) in [6, 6.07) is 0. The van der Waals surface area contributed by atoms with E-state index in [0.29, 0.717) is 6.61 Å². The van der Waals surface area contributed by atoms with Gasteiger partial charge in [-0.3, -0.25) is 9.59 Å². The van der Waals surface area contributed by atoms with Crippen molar-refractivity contribution in [2.45, 2.75) is 98.1 Å². The minimum atomic E-state index is -1.94. The highest BCUT2D eigenvalue weighted by Gasteiger charge is 2.39. The van der Waals surface area contributed by atoms with Crippen LogP contribution in [0.15, 0.2) is 0 Å². The van der Waals surface area contributed by atoms with Crippen LogP contribution in [-0.2, 0) is 23.5 Å². The Morgan fingerprint density at radius 2 is 1.16 bits per heavy atom. The van der Waals surface area contributed by atoms with Crippen molar-refractivity contribution in [2.75, 3.05) is 6.61 Å². The van der Waals surface area contributed by atoms with Gasteiger partial charge in [-0.15, -0.1) is 0 Å². The van der Waals surface area contributed by atoms with Crippen LogP contribution in [0.1, 0.15) is 68.7 Å². The predicted molar refractivity (Wildman–Crippen MR) is 103 cm³/mol. The molecule has 25 heavy (non-hydrogen) atoms. The van der Waals surface area contributed by atoms with Gasteiger partial charge in [0.25, 0.3) is 0 Å². The van der Waals surface area contributed by atoms with E-state index in [1.165, 1.54) is 0 Å². The number of ether oxygens (including phenoxy) is 2. The van der Waals surface area contributed by atoms with E-state index < -0.39 is 37.4 Å². The molecule has 0 saturated carbocycles. The van der Waals surface area contributed by atoms with Crippen LogP contribution in [0.4, 0.5) is 0 Å². The van der Waals surface area contributed by atoms with E-state index in [2.05, 4.69) is 33.9 Å². The first-order valence-electron chi connectivity index (χ1n) is 8.95. The molecule has 0 bridgehead atoms. The molecule has 0 radical (unpaired) electrons. The third kappa shape index (κ3) is 9.40. The Labute approximate surface area is 154 Å². The Bertz CT molecular complexity index is 436. The van der Waals surface area contributed by atoms with Crippen LogP contribution in [0.25, 0.3) is 0 Å². The summed E-state index contributed by atoms with van der Waals surface area (Å²) >= 11 is 0. The third-order valence-electron chi connectivity index (χ3n) is 4.06. The first-order chi connectivity index (χ1) is 10.9. The molecule has 0 spiro atoms. The van der Waals surface area contributed by atoms with Crippen molar-refractivity contribution in [3.05, 3.63) is 0 Å². The highest BCUT2D eigenvalue weighted by atomic mass is 28.4. The fraction of sp³-hybridized carbons (Fsp3) is 0.895. The van der Waals surface area contributed by atoms with Gasteiger partial charge in [-0.1, -0.05) is 20.8 Å². The third-order valence-corrected chi connectivity index (χ3v) is 8.60. The number of carbonyl (C=O) groups excluding carboxylic acids is 2. The molecule has 0 aliphatic heterocycles. The summed E-state index contributed by atoms with van der Waals surface area (Å²) in [5.41, 5.74) is -1.31. The van der Waals surface area contributed by atoms with Crippen molar-refractivity contribution in [3.63, 3.8) is 0 Å². The van der Waals surface area contributed by atoms with Crippen molar-refractivity contribution in [2.24, 2.45) is 5.92 Å². The van der Waals surface area contributed by atoms with Gasteiger partial charge in [0, 0.05) is 6.61 Å². The van der Waals surface area contributed by atoms with Crippen LogP contribution < -0.4 is 0 Å². The highest BCUT2D eigenvalue weighted by Crippen LogP contribution is 2.36. The number of carbonyl (C=O) groups is 2. The molecule has 0 aromatic rings. The summed E-state index contributed by atoms with van der Waals surface area (Å²) in [7, 11) is -1.94. The van der Waals surface area contributed by atoms with Gasteiger partial charge in [-0.05, 0) is 66.1 Å². The monoisotopic (exact) mass is 374 g/mol. The van der Waals surface area contributed by atoms with Gasteiger partial charge in [0.15, 0.2) is 14.2 Å². The molecule has 5 nitrogen and oxygen atoms in total. The molecule has 0 saturated heterocycles. The number of hydrogen-bond donors (Lipinski definition) is 0. The second kappa shape index (κ2) is 8.21. The molecule has 0 fully saturated rings. The van der Waals surface area contributed by atoms with Gasteiger partial charge in [0.2, 0.25) is 0 Å². The Morgan fingerprint density at radius 3 is 1.44 bits per heavy atom. The maximum Gasteiger partial charge on any atom is 0.320 e. The summed E-state index contributed by atoms with van der Waals surface area (Å²) in [4.78, 5) is 24.9. The molecule has 0 unspecified atom stereocenters. The first kappa shape index (κ1) is 24.1. The Morgan fingerprint density at radius 1 is 0.800 bits per heavy atom. The van der Waals surface area contributed by atoms with E-state index in [4.69, 9.17) is 13.9 Å². The molecule has 0 aliphatic carbocycles. The summed E-state index contributed by atoms with van der Waals surface area (Å²) in [6.45, 7) is 21.8. The topological polar surface area (TPSA) is 61.8 Å². The minimum Gasteiger partial charge on any atom is -0.459 e. The van der Waals surface area contributed by atoms with Gasteiger partial charge < -0.3 is 13.9 Å². The van der Waals surface area contributed by atoms with Gasteiger partial charge in [-0.2, -0.15) is 0 Å². The summed E-state index contributed by atoms with van der Waals surface area (Å²) in [6.07, 6.45) is 0.260. The molecule has 0 aliphatic rings. The molecule has 0 aromatic heterocycles. The Kier molecular flexibility index (Phi) is 7.92. The van der Waals surface area contributed by atoms with E-state index in [9.17, 15) is 9.59 Å². The second-order valence-electron chi connectivity index (χ2n) is 10.0. The zero-order valence-corrected chi connectivity index (χ0v) is 19.0. The molecule has 0 amide bonds. The van der Waals surface area contributed by atoms with Gasteiger partial charge in [0.1, 0.15) is 11.2 Å². The van der Waals surface area contributed by atoms with Crippen molar-refractivity contribution in [3.8, 4) is 0 Å². The van der Waals surface area contributed by atoms with Crippen LogP contribution in [0.5, 0.6) is 0 Å². The summed E-state index contributed by atoms with van der Waals surface area (Å²) < 4.78 is 16.9. The van der Waals surface area contributed by atoms with Crippen molar-refractivity contribution < 1.29 is 23.5 Å². The SMILES string of the molecule is CC(C)(C)OC(=O)C(CCO[Si](C)(C)C(C)(C)C)C(=O)OC(C)(C)C. The van der Waals surface area contributed by atoms with E-state index in [1.54, 1.807) is 41.5 Å². The molecular weight excluding hydrogens is 336 g/mol. The van der Waals surface area contributed by atoms with Crippen LogP contribution in [0.3, 0.4) is 0 Å². The Balaban J connectivity index is 5.09. The molecule has 0 heterocycles. The van der Waals surface area contributed by atoms with Crippen LogP contribution in [0, 0.1) is 5.92 Å². The van der Waals surface area contributed by atoms with Crippen molar-refractivity contribution in [1.29, 1.82) is 0 Å². The fourth-order valence-electron chi connectivity index (χ4n) is 1.73. The molecule has 6 heteroatoms. The van der Waals surface area contributed by atoms with Gasteiger partial charge in [0.05, 0.1) is 0 Å². The summed E-state index contributed by atoms with van der Waals surface area (Å²) in [5.74, 6) is -2.08. The quantitative estimate of drug-likeness (QED) is 0.383. The van der Waals surface area contributed by atoms with E-state index >= 15 is 0 Å². The van der Waals surface area contributed by atoms with Crippen LogP contribution >= 0.6 is 0 Å². The number of rotatable bonds is 6. The molecule has 0 rings (SSSR count). The average Bonchev–Trinajstić information content (AvgIpc) is 2.28. The van der Waals surface area contributed by atoms with Crippen molar-refractivity contribution in [1.82, 2.24) is 0 Å². The maximum atomic E-state index is 12.5. The normalized spacial score (nSPS) is 13.8. The lowest BCUT2D eigenvalue weighted by molar-refractivity contribution is -0.175. The van der Waals surface area contributed by atoms with Gasteiger partial charge in [-0.25, -0.2) is 0 Å². The molecule has 148 valence electrons. The van der Waals surface area contributed by atoms with Gasteiger partial charge >= 0.3 is 11.9 Å². The largest absolute Gasteiger partial charge is 0.459 e. The van der Waals surface area contributed by atoms with Crippen LogP contribution in [0.2, 0.25) is 18.1 Å². The minimum absolute atomic E-state index is 0.0698. The summed E-state index contributed by atoms with van der Waals surface area (Å²) in [5, 5.41) is 0.0698. The lowest BCUT2D eigenvalue weighted by Gasteiger charge is -2.36. The first-order valence-corrected chi connectivity index (χ1v) is 11.9. The molecular formula is C19H38O5Si. The van der Waals surface area contributed by atoms with Crippen LogP contribution in [-0.4, -0.2) is 38.1 Å². The number of esters is 2. The number of hydrogen-bond acceptors (Lipinski definition) is 5. The standard InChI is InChI=1S/C19H38O5Si/c1-17(2,3)23-15(20)14(16(21)24-18(4,5)6)12-13-22-25(10,11)19(7,8)9/h14H,12-13H2,1-11H3. The molecule has 0 atom stereocenters. The lowest BCUT2D eigenvalue weighted by Crippen LogP contribution is -2.42. The van der Waals surface area contributed by atoms with E-state index in [0.717, 1.165) is 0 Å². The van der Waals surface area contributed by atoms with Crippen molar-refractivity contribution >= 4 is 20.3 Å². The van der Waals surface area contributed by atoms with E-state index in [-0.39, 0.29) is 11.5 Å². The van der Waals surface area contributed by atoms with E-state index in [1.807, 2.05) is 0 Å². The maximum absolute atomic E-state index is 12.5. The zero-order chi connectivity index (χ0) is 20.3. The Hall–Kier alpha value is -0.883. The molecule has 0 N–H and O–H groups in total. The average molecular weight is 375 g/mol. The zero-order valence-electron chi connectivity index (χ0n) is 18.0. The second-order valence-corrected chi connectivity index (χ2v) is 14.8. The fourth-order valence-corrected chi connectivity index (χ4v) is 2.79. The lowest BCUT2D eigenvalue weighted by atomic mass is 10.1. The predicted octanol–water partition coefficient (Wildman–Crippen LogP) is 4.70. The highest BCUT2D eigenvalue weighted by molar-refractivity contribution is 6.74.